The molecule has 0 radical (unpaired) electrons. The van der Waals surface area contributed by atoms with Gasteiger partial charge in [0.1, 0.15) is 11.6 Å². The van der Waals surface area contributed by atoms with Gasteiger partial charge in [0, 0.05) is 103 Å². The predicted octanol–water partition coefficient (Wildman–Crippen LogP) is 11.0. The van der Waals surface area contributed by atoms with Crippen molar-refractivity contribution in [3.8, 4) is 22.3 Å². The largest absolute Gasteiger partial charge is 1.00 e. The van der Waals surface area contributed by atoms with E-state index in [1.54, 1.807) is 63.7 Å². The van der Waals surface area contributed by atoms with E-state index in [4.69, 9.17) is 37.4 Å². The minimum Gasteiger partial charge on any atom is -0.870 e. The molecular weight excluding hydrogens is 1250 g/mol. The average Bonchev–Trinajstić information content (AvgIpc) is 0.798. The smallest absolute Gasteiger partial charge is 0.870 e. The Labute approximate surface area is 580 Å². The number of carbonyl (C=O) groups is 4. The van der Waals surface area contributed by atoms with Crippen LogP contribution in [0.1, 0.15) is 153 Å². The van der Waals surface area contributed by atoms with Gasteiger partial charge in [-0.1, -0.05) is 87.3 Å². The summed E-state index contributed by atoms with van der Waals surface area (Å²) in [5.41, 5.74) is 10.5. The molecule has 0 bridgehead atoms. The number of rotatable bonds is 29. The van der Waals surface area contributed by atoms with Gasteiger partial charge >= 0.3 is 30.8 Å². The van der Waals surface area contributed by atoms with Crippen molar-refractivity contribution in [2.45, 2.75) is 164 Å². The van der Waals surface area contributed by atoms with Gasteiger partial charge in [-0.25, -0.2) is 8.78 Å². The zero-order chi connectivity index (χ0) is 67.4. The Morgan fingerprint density at radius 3 is 1.25 bits per heavy atom. The Morgan fingerprint density at radius 2 is 0.926 bits per heavy atom. The van der Waals surface area contributed by atoms with Gasteiger partial charge in [-0.2, -0.15) is 0 Å². The number of Topliss-reactive ketones (excluding diaryl/α,β-unsaturated/α-hetero) is 2. The topological polar surface area (TPSA) is 227 Å². The van der Waals surface area contributed by atoms with Crippen LogP contribution < -0.4 is 30.0 Å². The van der Waals surface area contributed by atoms with E-state index in [1.165, 1.54) is 9.13 Å². The van der Waals surface area contributed by atoms with Crippen LogP contribution in [0, 0.1) is 65.0 Å². The first-order chi connectivity index (χ1) is 43.6. The maximum absolute atomic E-state index is 15.9. The number of benzene rings is 4. The summed E-state index contributed by atoms with van der Waals surface area (Å²) in [5.74, 6) is -5.31. The molecule has 95 heavy (non-hydrogen) atoms. The van der Waals surface area contributed by atoms with Gasteiger partial charge in [0.05, 0.1) is 53.8 Å². The first-order valence-electron chi connectivity index (χ1n) is 32.1. The predicted molar refractivity (Wildman–Crippen MR) is 364 cm³/mol. The van der Waals surface area contributed by atoms with Gasteiger partial charge < -0.3 is 39.4 Å². The van der Waals surface area contributed by atoms with Crippen LogP contribution in [-0.4, -0.2) is 131 Å². The Morgan fingerprint density at radius 1 is 0.568 bits per heavy atom. The zero-order valence-electron chi connectivity index (χ0n) is 57.6. The number of esters is 1. The Balaban J connectivity index is 0.000000392. The average molecular weight is 1350 g/mol. The molecule has 2 saturated heterocycles. The van der Waals surface area contributed by atoms with E-state index in [0.717, 1.165) is 101 Å². The quantitative estimate of drug-likeness (QED) is 0.0340. The van der Waals surface area contributed by atoms with Gasteiger partial charge in [-0.15, -0.1) is 0 Å². The molecule has 4 heterocycles. The molecule has 3 N–H and O–H groups in total. The second-order valence-corrected chi connectivity index (χ2v) is 26.9. The number of nitrogens with zero attached hydrogens (tertiary/aromatic N) is 4. The van der Waals surface area contributed by atoms with Gasteiger partial charge in [-0.3, -0.25) is 38.6 Å². The van der Waals surface area contributed by atoms with E-state index in [9.17, 15) is 33.9 Å². The number of methoxy groups -OCH3 is 2. The summed E-state index contributed by atoms with van der Waals surface area (Å²) in [7, 11) is 3.43. The number of ether oxygens (including phenoxy) is 3. The van der Waals surface area contributed by atoms with Crippen molar-refractivity contribution in [2.24, 2.45) is 11.8 Å². The van der Waals surface area contributed by atoms with E-state index in [-0.39, 0.29) is 124 Å². The summed E-state index contributed by atoms with van der Waals surface area (Å²) in [4.78, 5) is 84.6. The summed E-state index contributed by atoms with van der Waals surface area (Å²) in [6.45, 7) is 26.5. The van der Waals surface area contributed by atoms with Gasteiger partial charge in [0.15, 0.2) is 11.6 Å². The first-order valence-corrected chi connectivity index (χ1v) is 32.8. The van der Waals surface area contributed by atoms with Gasteiger partial charge in [0.2, 0.25) is 0 Å². The molecule has 16 nitrogen and oxygen atoms in total. The van der Waals surface area contributed by atoms with Crippen molar-refractivity contribution in [3.63, 3.8) is 0 Å². The number of likely N-dealkylation sites (tertiary alicyclic amines) is 2. The number of hydrogen-bond donors (Lipinski definition) is 1. The Kier molecular flexibility index (Phi) is 31.7. The van der Waals surface area contributed by atoms with Crippen LogP contribution in [0.3, 0.4) is 0 Å². The molecule has 8 rings (SSSR count). The van der Waals surface area contributed by atoms with E-state index < -0.39 is 53.9 Å². The number of halogens is 4. The third-order valence-electron chi connectivity index (χ3n) is 18.1. The van der Waals surface area contributed by atoms with Crippen LogP contribution >= 0.6 is 23.2 Å². The molecular formula is C74H94Cl2F2LiN4O12-. The van der Waals surface area contributed by atoms with E-state index in [0.29, 0.717) is 30.4 Å². The summed E-state index contributed by atoms with van der Waals surface area (Å²) < 4.78 is 50.6. The standard InChI is InChI=1S/C38H48ClFN2O5.C36H44ClFN2O5.Li.2H2O/c1-8-47-36(45)19-28(31-16-29(17-32(39)38(31)40)37-24(4)10-9-11-25(37)5)18-34(43)33(14-23(2)3)42-20-27(26(6)15-35(42)44)12-13-41-21-30(22-41)46-7;1-21(2)12-31(40-18-25(24(5)13-33(40)42)10-11-39-19-28(20-39)45-6)32(41)16-26(17-34(43)44)29-14-27(15-30(37)36(29)38)35-22(3)8-7-9-23(35)4;;;/h9-11,15-17,20,23,28,30,33H,8,12-14,18-19,21-22H2,1-7H3;7-9,13-15,18,21,26,28,31H,10-12,16-17,19-20H2,1-6H3,(H,43,44);;2*1H2/q;;+1;;/p-2/t28-,33?;26-,31?;;;/m00.../s1. The minimum atomic E-state index is -1.15. The van der Waals surface area contributed by atoms with E-state index >= 15 is 8.78 Å². The maximum Gasteiger partial charge on any atom is 1.00 e. The van der Waals surface area contributed by atoms with Gasteiger partial charge in [0.25, 0.3) is 11.1 Å². The summed E-state index contributed by atoms with van der Waals surface area (Å²) in [5, 5.41) is 9.61. The van der Waals surface area contributed by atoms with Crippen molar-refractivity contribution >= 4 is 46.7 Å². The fraction of sp³-hybridized carbons (Fsp3) is 0.486. The van der Waals surface area contributed by atoms with Crippen LogP contribution in [-0.2, 0) is 46.2 Å². The molecule has 21 heteroatoms. The van der Waals surface area contributed by atoms with Crippen LogP contribution in [0.4, 0.5) is 8.78 Å². The Bertz CT molecular complexity index is 3710. The molecule has 2 aliphatic rings. The number of aliphatic carboxylic acids is 1. The van der Waals surface area contributed by atoms with Crippen molar-refractivity contribution in [2.75, 3.05) is 60.1 Å². The molecule has 4 atom stereocenters. The van der Waals surface area contributed by atoms with E-state index in [2.05, 4.69) is 9.80 Å². The van der Waals surface area contributed by atoms with Gasteiger partial charge in [-0.05, 0) is 188 Å². The van der Waals surface area contributed by atoms with Crippen LogP contribution in [0.2, 0.25) is 10.0 Å². The number of ketones is 2. The second-order valence-electron chi connectivity index (χ2n) is 26.1. The molecule has 0 saturated carbocycles. The van der Waals surface area contributed by atoms with Crippen molar-refractivity contribution in [3.05, 3.63) is 183 Å². The summed E-state index contributed by atoms with van der Waals surface area (Å²) >= 11 is 12.9. The molecule has 0 aliphatic carbocycles. The molecule has 4 aromatic carbocycles. The Hall–Kier alpha value is -6.14. The van der Waals surface area contributed by atoms with E-state index in [1.807, 2.05) is 112 Å². The molecule has 2 aliphatic heterocycles. The number of carboxylic acids is 1. The molecule has 0 spiro atoms. The minimum absolute atomic E-state index is 0. The SMILES string of the molecule is CCOC(=O)C[C@H](CC(=O)C(CC(C)C)n1cc(CCN2CC(OC)C2)c(C)cc1=O)c1cc(-c2c(C)cccc2C)cc(Cl)c1F.COC1CN(CCc2cn(C(CC(C)C)C(=O)C[C@@H](CC(=O)O)c3cc(-c4c(C)cccc4C)cc(Cl)c3F)c(=O)cc2C)C1.[Li+].[OH-].[OH-]. The molecule has 2 aromatic heterocycles. The first kappa shape index (κ1) is 81.3. The number of hydrogen-bond acceptors (Lipinski definition) is 13. The number of aromatic nitrogens is 2. The number of carbonyl (C=O) groups excluding carboxylic acids is 3. The number of pyridine rings is 2. The monoisotopic (exact) mass is 1350 g/mol. The third-order valence-corrected chi connectivity index (χ3v) is 18.6. The van der Waals surface area contributed by atoms with Crippen molar-refractivity contribution in [1.29, 1.82) is 0 Å². The molecule has 6 aromatic rings. The zero-order valence-corrected chi connectivity index (χ0v) is 59.1. The molecule has 2 fully saturated rings. The normalized spacial score (nSPS) is 14.6. The van der Waals surface area contributed by atoms with Crippen LogP contribution in [0.25, 0.3) is 22.3 Å². The summed E-state index contributed by atoms with van der Waals surface area (Å²) in [6, 6.07) is 19.7. The second kappa shape index (κ2) is 37.0. The van der Waals surface area contributed by atoms with Crippen molar-refractivity contribution < 1.29 is 77.1 Å². The van der Waals surface area contributed by atoms with Crippen molar-refractivity contribution in [1.82, 2.24) is 18.9 Å². The maximum atomic E-state index is 15.9. The third kappa shape index (κ3) is 21.2. The van der Waals surface area contributed by atoms with Crippen LogP contribution in [0.15, 0.2) is 94.8 Å². The summed E-state index contributed by atoms with van der Waals surface area (Å²) in [6.07, 6.45) is 5.24. The fourth-order valence-corrected chi connectivity index (χ4v) is 13.4. The number of aryl methyl sites for hydroxylation is 6. The molecule has 2 unspecified atom stereocenters. The fourth-order valence-electron chi connectivity index (χ4n) is 13.0. The molecule has 512 valence electrons. The van der Waals surface area contributed by atoms with Crippen LogP contribution in [0.5, 0.6) is 0 Å². The number of carboxylic acid groups (broad SMARTS) is 1. The molecule has 0 amide bonds.